The largest absolute Gasteiger partial charge is 0.376 e. The summed E-state index contributed by atoms with van der Waals surface area (Å²) in [6.07, 6.45) is 3.18. The van der Waals surface area contributed by atoms with E-state index in [9.17, 15) is 4.79 Å². The molecule has 1 aliphatic carbocycles. The normalized spacial score (nSPS) is 19.5. The molecule has 0 aliphatic heterocycles. The molecule has 170 valence electrons. The zero-order chi connectivity index (χ0) is 23.0. The maximum Gasteiger partial charge on any atom is 0.130 e. The number of carbonyl (C=O) groups is 1. The van der Waals surface area contributed by atoms with E-state index in [4.69, 9.17) is 9.47 Å². The highest BCUT2D eigenvalue weighted by atomic mass is 16.5. The zero-order valence-corrected chi connectivity index (χ0v) is 19.1. The highest BCUT2D eigenvalue weighted by Crippen LogP contribution is 2.53. The minimum Gasteiger partial charge on any atom is -0.376 e. The van der Waals surface area contributed by atoms with Crippen LogP contribution in [0.3, 0.4) is 0 Å². The summed E-state index contributed by atoms with van der Waals surface area (Å²) >= 11 is 0. The highest BCUT2D eigenvalue weighted by Gasteiger charge is 2.51. The van der Waals surface area contributed by atoms with E-state index in [1.807, 2.05) is 54.6 Å². The predicted molar refractivity (Wildman–Crippen MR) is 132 cm³/mol. The van der Waals surface area contributed by atoms with E-state index >= 15 is 0 Å². The minimum atomic E-state index is -0.590. The fraction of sp³-hybridized carbons (Fsp3) is 0.300. The monoisotopic (exact) mass is 440 g/mol. The molecule has 0 aromatic heterocycles. The molecule has 0 amide bonds. The maximum absolute atomic E-state index is 12.5. The molecule has 3 aromatic carbocycles. The van der Waals surface area contributed by atoms with Crippen LogP contribution in [0.1, 0.15) is 29.5 Å². The van der Waals surface area contributed by atoms with Crippen LogP contribution >= 0.6 is 0 Å². The van der Waals surface area contributed by atoms with Gasteiger partial charge in [0.2, 0.25) is 0 Å². The molecule has 33 heavy (non-hydrogen) atoms. The van der Waals surface area contributed by atoms with Gasteiger partial charge in [-0.25, -0.2) is 0 Å². The summed E-state index contributed by atoms with van der Waals surface area (Å²) in [5.41, 5.74) is 3.54. The fourth-order valence-electron chi connectivity index (χ4n) is 4.96. The number of hydrogen-bond acceptors (Lipinski definition) is 3. The lowest BCUT2D eigenvalue weighted by molar-refractivity contribution is -0.115. The van der Waals surface area contributed by atoms with Crippen LogP contribution in [0.5, 0.6) is 0 Å². The lowest BCUT2D eigenvalue weighted by Crippen LogP contribution is -2.33. The third kappa shape index (κ3) is 5.87. The molecule has 1 atom stereocenters. The number of ether oxygens (including phenoxy) is 2. The van der Waals surface area contributed by atoms with Crippen LogP contribution in [-0.2, 0) is 33.9 Å². The van der Waals surface area contributed by atoms with Crippen molar-refractivity contribution in [1.29, 1.82) is 0 Å². The van der Waals surface area contributed by atoms with Crippen molar-refractivity contribution in [3.8, 4) is 0 Å². The molecule has 3 heteroatoms. The SMILES string of the molecule is C=C1CC(COCc2ccccc2)(COCc2ccccc2)CC1(C=O)Cc1ccccc1. The maximum atomic E-state index is 12.5. The Bertz CT molecular complexity index is 984. The second-order valence-electron chi connectivity index (χ2n) is 9.35. The average molecular weight is 441 g/mol. The first kappa shape index (κ1) is 23.2. The first-order valence-electron chi connectivity index (χ1n) is 11.6. The summed E-state index contributed by atoms with van der Waals surface area (Å²) in [5, 5.41) is 0. The Labute approximate surface area is 197 Å². The molecule has 0 spiro atoms. The fourth-order valence-corrected chi connectivity index (χ4v) is 4.96. The molecule has 0 saturated heterocycles. The van der Waals surface area contributed by atoms with Crippen molar-refractivity contribution in [3.63, 3.8) is 0 Å². The number of aldehydes is 1. The topological polar surface area (TPSA) is 35.5 Å². The molecule has 1 aliphatic rings. The van der Waals surface area contributed by atoms with Gasteiger partial charge in [-0.1, -0.05) is 103 Å². The van der Waals surface area contributed by atoms with Gasteiger partial charge in [0.1, 0.15) is 6.29 Å². The Morgan fingerprint density at radius 2 is 1.18 bits per heavy atom. The summed E-state index contributed by atoms with van der Waals surface area (Å²) in [4.78, 5) is 12.5. The van der Waals surface area contributed by atoms with E-state index in [1.165, 1.54) is 0 Å². The third-order valence-corrected chi connectivity index (χ3v) is 6.61. The van der Waals surface area contributed by atoms with Gasteiger partial charge in [-0.3, -0.25) is 0 Å². The Morgan fingerprint density at radius 1 is 0.727 bits per heavy atom. The minimum absolute atomic E-state index is 0.281. The van der Waals surface area contributed by atoms with Gasteiger partial charge in [-0.2, -0.15) is 0 Å². The molecule has 1 unspecified atom stereocenters. The summed E-state index contributed by atoms with van der Waals surface area (Å²) < 4.78 is 12.4. The molecule has 3 nitrogen and oxygen atoms in total. The first-order chi connectivity index (χ1) is 16.1. The molecule has 0 heterocycles. The van der Waals surface area contributed by atoms with Crippen molar-refractivity contribution in [1.82, 2.24) is 0 Å². The summed E-state index contributed by atoms with van der Waals surface area (Å²) in [6, 6.07) is 30.6. The first-order valence-corrected chi connectivity index (χ1v) is 11.6. The van der Waals surface area contributed by atoms with Crippen LogP contribution in [-0.4, -0.2) is 19.5 Å². The number of rotatable bonds is 11. The Balaban J connectivity index is 1.49. The van der Waals surface area contributed by atoms with Gasteiger partial charge >= 0.3 is 0 Å². The van der Waals surface area contributed by atoms with Crippen LogP contribution in [0.2, 0.25) is 0 Å². The van der Waals surface area contributed by atoms with E-state index in [0.717, 1.165) is 35.0 Å². The lowest BCUT2D eigenvalue weighted by atomic mass is 9.76. The van der Waals surface area contributed by atoms with E-state index in [2.05, 4.69) is 43.0 Å². The smallest absolute Gasteiger partial charge is 0.130 e. The molecular formula is C30H32O3. The van der Waals surface area contributed by atoms with Gasteiger partial charge in [0, 0.05) is 5.41 Å². The van der Waals surface area contributed by atoms with Crippen LogP contribution in [0.25, 0.3) is 0 Å². The van der Waals surface area contributed by atoms with Gasteiger partial charge in [-0.05, 0) is 36.0 Å². The van der Waals surface area contributed by atoms with Crippen molar-refractivity contribution >= 4 is 6.29 Å². The quantitative estimate of drug-likeness (QED) is 0.264. The van der Waals surface area contributed by atoms with Gasteiger partial charge in [-0.15, -0.1) is 0 Å². The summed E-state index contributed by atoms with van der Waals surface area (Å²) in [6.45, 7) is 6.50. The van der Waals surface area contributed by atoms with Crippen molar-refractivity contribution in [2.75, 3.05) is 13.2 Å². The zero-order valence-electron chi connectivity index (χ0n) is 19.1. The van der Waals surface area contributed by atoms with Crippen LogP contribution < -0.4 is 0 Å². The van der Waals surface area contributed by atoms with E-state index < -0.39 is 5.41 Å². The molecule has 3 aromatic rings. The van der Waals surface area contributed by atoms with E-state index in [1.54, 1.807) is 0 Å². The van der Waals surface area contributed by atoms with Crippen molar-refractivity contribution in [2.24, 2.45) is 10.8 Å². The number of hydrogen-bond donors (Lipinski definition) is 0. The number of benzene rings is 3. The van der Waals surface area contributed by atoms with Gasteiger partial charge in [0.15, 0.2) is 0 Å². The average Bonchev–Trinajstić information content (AvgIpc) is 3.12. The van der Waals surface area contributed by atoms with Crippen molar-refractivity contribution < 1.29 is 14.3 Å². The van der Waals surface area contributed by atoms with Gasteiger partial charge < -0.3 is 14.3 Å². The van der Waals surface area contributed by atoms with Crippen molar-refractivity contribution in [3.05, 3.63) is 120 Å². The summed E-state index contributed by atoms with van der Waals surface area (Å²) in [7, 11) is 0. The molecule has 1 saturated carbocycles. The third-order valence-electron chi connectivity index (χ3n) is 6.61. The second-order valence-corrected chi connectivity index (χ2v) is 9.35. The van der Waals surface area contributed by atoms with Crippen LogP contribution in [0, 0.1) is 10.8 Å². The standard InChI is InChI=1S/C30H32O3/c1-25-17-29(23-32-19-27-13-7-3-8-14-27,24-33-20-28-15-9-4-10-16-28)21-30(25,22-31)18-26-11-5-2-6-12-26/h2-16,22H,1,17-21,23-24H2. The van der Waals surface area contributed by atoms with E-state index in [-0.39, 0.29) is 5.41 Å². The highest BCUT2D eigenvalue weighted by molar-refractivity contribution is 5.67. The molecule has 0 N–H and O–H groups in total. The molecular weight excluding hydrogens is 408 g/mol. The van der Waals surface area contributed by atoms with Crippen LogP contribution in [0.15, 0.2) is 103 Å². The van der Waals surface area contributed by atoms with Crippen molar-refractivity contribution in [2.45, 2.75) is 32.5 Å². The second kappa shape index (κ2) is 10.7. The molecule has 4 rings (SSSR count). The van der Waals surface area contributed by atoms with E-state index in [0.29, 0.717) is 39.3 Å². The molecule has 1 fully saturated rings. The number of carbonyl (C=O) groups excluding carboxylic acids is 1. The Hall–Kier alpha value is -3.01. The Kier molecular flexibility index (Phi) is 7.54. The van der Waals surface area contributed by atoms with Gasteiger partial charge in [0.25, 0.3) is 0 Å². The molecule has 0 bridgehead atoms. The van der Waals surface area contributed by atoms with Crippen LogP contribution in [0.4, 0.5) is 0 Å². The molecule has 0 radical (unpaired) electrons. The predicted octanol–water partition coefficient (Wildman–Crippen LogP) is 6.18. The Morgan fingerprint density at radius 3 is 1.64 bits per heavy atom. The number of allylic oxidation sites excluding steroid dienone is 1. The summed E-state index contributed by atoms with van der Waals surface area (Å²) in [5.74, 6) is 0. The lowest BCUT2D eigenvalue weighted by Gasteiger charge is -2.31. The van der Waals surface area contributed by atoms with Gasteiger partial charge in [0.05, 0.1) is 31.8 Å².